The average Bonchev–Trinajstić information content (AvgIpc) is 3.32. The molecule has 1 amide bonds. The van der Waals surface area contributed by atoms with Crippen LogP contribution in [0.5, 0.6) is 0 Å². The number of carbonyl (C=O) groups is 2. The van der Waals surface area contributed by atoms with E-state index in [0.717, 1.165) is 54.8 Å². The molecule has 3 fully saturated rings. The second-order valence-corrected chi connectivity index (χ2v) is 15.5. The Bertz CT molecular complexity index is 975. The number of rotatable bonds is 12. The molecule has 0 radical (unpaired) electrons. The van der Waals surface area contributed by atoms with Gasteiger partial charge in [0.1, 0.15) is 18.1 Å². The number of esters is 1. The molecule has 7 heteroatoms. The van der Waals surface area contributed by atoms with Crippen LogP contribution in [0.15, 0.2) is 11.6 Å². The molecule has 4 rings (SSSR count). The number of amides is 1. The van der Waals surface area contributed by atoms with Crippen molar-refractivity contribution in [3.05, 3.63) is 11.6 Å². The van der Waals surface area contributed by atoms with Gasteiger partial charge in [0.15, 0.2) is 0 Å². The summed E-state index contributed by atoms with van der Waals surface area (Å²) in [4.78, 5) is 24.5. The maximum absolute atomic E-state index is 12.5. The van der Waals surface area contributed by atoms with Gasteiger partial charge in [-0.25, -0.2) is 4.79 Å². The number of nitrogens with one attached hydrogen (secondary N) is 1. The summed E-state index contributed by atoms with van der Waals surface area (Å²) >= 11 is 0. The van der Waals surface area contributed by atoms with Crippen LogP contribution in [-0.2, 0) is 14.3 Å². The van der Waals surface area contributed by atoms with E-state index < -0.39 is 30.7 Å². The topological polar surface area (TPSA) is 105 Å². The fourth-order valence-electron chi connectivity index (χ4n) is 9.60. The third-order valence-corrected chi connectivity index (χ3v) is 12.3. The first kappa shape index (κ1) is 33.3. The smallest absolute Gasteiger partial charge is 0.407 e. The Kier molecular flexibility index (Phi) is 10.8. The fraction of sp³-hybridized carbons (Fsp3) is 0.886. The Morgan fingerprint density at radius 3 is 2.48 bits per heavy atom. The molecule has 8 atom stereocenters. The number of aliphatic hydroxyl groups excluding tert-OH is 2. The van der Waals surface area contributed by atoms with Crippen molar-refractivity contribution in [1.82, 2.24) is 5.32 Å². The van der Waals surface area contributed by atoms with Gasteiger partial charge < -0.3 is 25.0 Å². The lowest BCUT2D eigenvalue weighted by Gasteiger charge is -2.58. The van der Waals surface area contributed by atoms with E-state index in [9.17, 15) is 19.8 Å². The number of hydrogen-bond donors (Lipinski definition) is 3. The second kappa shape index (κ2) is 13.6. The maximum Gasteiger partial charge on any atom is 0.407 e. The quantitative estimate of drug-likeness (QED) is 0.134. The molecular weight excluding hydrogens is 530 g/mol. The zero-order valence-electron chi connectivity index (χ0n) is 27.3. The van der Waals surface area contributed by atoms with Crippen LogP contribution in [0.4, 0.5) is 4.79 Å². The summed E-state index contributed by atoms with van der Waals surface area (Å²) in [6.45, 7) is 12.9. The minimum absolute atomic E-state index is 0.0435. The van der Waals surface area contributed by atoms with Gasteiger partial charge in [-0.05, 0) is 98.2 Å². The fourth-order valence-corrected chi connectivity index (χ4v) is 9.60. The van der Waals surface area contributed by atoms with E-state index in [4.69, 9.17) is 9.47 Å². The van der Waals surface area contributed by atoms with Crippen molar-refractivity contribution in [3.63, 3.8) is 0 Å². The molecule has 0 aromatic heterocycles. The van der Waals surface area contributed by atoms with Gasteiger partial charge >= 0.3 is 12.1 Å². The van der Waals surface area contributed by atoms with Crippen LogP contribution in [-0.4, -0.2) is 54.7 Å². The van der Waals surface area contributed by atoms with E-state index in [2.05, 4.69) is 46.0 Å². The van der Waals surface area contributed by atoms with Gasteiger partial charge in [-0.15, -0.1) is 0 Å². The van der Waals surface area contributed by atoms with Crippen molar-refractivity contribution >= 4 is 12.1 Å². The molecule has 0 saturated heterocycles. The zero-order chi connectivity index (χ0) is 30.7. The monoisotopic (exact) mass is 589 g/mol. The van der Waals surface area contributed by atoms with Crippen LogP contribution >= 0.6 is 0 Å². The van der Waals surface area contributed by atoms with Crippen molar-refractivity contribution in [3.8, 4) is 0 Å². The molecule has 0 bridgehead atoms. The SMILES string of the molecule is CC(C)CCC[C@@H](C)C1CC[C@H]2[C@@H]3CC=C4CC(OC(=O)NCCOC(=O)C(C)(CO)CO)CC[C@]4(C)[C@H]3CC[C@]12C. The lowest BCUT2D eigenvalue weighted by molar-refractivity contribution is -0.159. The highest BCUT2D eigenvalue weighted by molar-refractivity contribution is 5.76. The third-order valence-electron chi connectivity index (χ3n) is 12.3. The first-order valence-corrected chi connectivity index (χ1v) is 16.9. The van der Waals surface area contributed by atoms with Gasteiger partial charge in [0.2, 0.25) is 0 Å². The second-order valence-electron chi connectivity index (χ2n) is 15.5. The standard InChI is InChI=1S/C35H59NO6/c1-23(2)8-7-9-24(3)28-12-13-29-27-11-10-25-20-26(14-16-34(25,5)30(27)15-17-35(28,29)6)42-32(40)36-18-19-41-31(39)33(4,21-37)22-38/h10,23-24,26-30,37-38H,7-9,11-22H2,1-6H3,(H,36,40)/t24-,26?,27+,28?,29+,30+,34+,35-/m1/s1. The van der Waals surface area contributed by atoms with E-state index in [1.165, 1.54) is 63.9 Å². The predicted octanol–water partition coefficient (Wildman–Crippen LogP) is 6.66. The molecule has 0 aromatic rings. The molecule has 4 aliphatic carbocycles. The van der Waals surface area contributed by atoms with Gasteiger partial charge in [-0.2, -0.15) is 0 Å². The highest BCUT2D eigenvalue weighted by Crippen LogP contribution is 2.67. The lowest BCUT2D eigenvalue weighted by Crippen LogP contribution is -2.51. The largest absolute Gasteiger partial charge is 0.463 e. The molecule has 2 unspecified atom stereocenters. The van der Waals surface area contributed by atoms with E-state index in [0.29, 0.717) is 5.41 Å². The van der Waals surface area contributed by atoms with Crippen molar-refractivity contribution in [2.45, 2.75) is 118 Å². The van der Waals surface area contributed by atoms with Gasteiger partial charge in [-0.1, -0.05) is 65.5 Å². The van der Waals surface area contributed by atoms with Gasteiger partial charge in [0.05, 0.1) is 19.8 Å². The number of ether oxygens (including phenoxy) is 2. The summed E-state index contributed by atoms with van der Waals surface area (Å²) in [6, 6.07) is 0. The van der Waals surface area contributed by atoms with Crippen LogP contribution in [0.2, 0.25) is 0 Å². The molecule has 0 heterocycles. The Hall–Kier alpha value is -1.60. The molecule has 0 aromatic carbocycles. The minimum Gasteiger partial charge on any atom is -0.463 e. The molecule has 240 valence electrons. The highest BCUT2D eigenvalue weighted by atomic mass is 16.6. The van der Waals surface area contributed by atoms with Gasteiger partial charge in [-0.3, -0.25) is 4.79 Å². The summed E-state index contributed by atoms with van der Waals surface area (Å²) in [6.07, 6.45) is 15.4. The van der Waals surface area contributed by atoms with E-state index in [1.807, 2.05) is 0 Å². The number of carbonyl (C=O) groups excluding carboxylic acids is 2. The van der Waals surface area contributed by atoms with Gasteiger partial charge in [0.25, 0.3) is 0 Å². The number of alkyl carbamates (subject to hydrolysis) is 1. The molecule has 0 spiro atoms. The average molecular weight is 590 g/mol. The minimum atomic E-state index is -1.34. The van der Waals surface area contributed by atoms with Crippen LogP contribution in [0, 0.1) is 51.8 Å². The molecule has 0 aliphatic heterocycles. The predicted molar refractivity (Wildman–Crippen MR) is 165 cm³/mol. The third kappa shape index (κ3) is 6.72. The Morgan fingerprint density at radius 1 is 1.05 bits per heavy atom. The van der Waals surface area contributed by atoms with Crippen molar-refractivity contribution < 1.29 is 29.3 Å². The Morgan fingerprint density at radius 2 is 1.79 bits per heavy atom. The van der Waals surface area contributed by atoms with Crippen LogP contribution in [0.25, 0.3) is 0 Å². The zero-order valence-corrected chi connectivity index (χ0v) is 27.3. The van der Waals surface area contributed by atoms with E-state index in [-0.39, 0.29) is 24.7 Å². The number of aliphatic hydroxyl groups is 2. The first-order valence-electron chi connectivity index (χ1n) is 16.9. The summed E-state index contributed by atoms with van der Waals surface area (Å²) in [5.41, 5.74) is 0.849. The highest BCUT2D eigenvalue weighted by Gasteiger charge is 2.59. The van der Waals surface area contributed by atoms with Gasteiger partial charge in [0, 0.05) is 6.42 Å². The van der Waals surface area contributed by atoms with Crippen LogP contribution < -0.4 is 5.32 Å². The summed E-state index contributed by atoms with van der Waals surface area (Å²) in [5, 5.41) is 21.3. The van der Waals surface area contributed by atoms with Crippen LogP contribution in [0.3, 0.4) is 0 Å². The number of allylic oxidation sites excluding steroid dienone is 1. The van der Waals surface area contributed by atoms with Crippen molar-refractivity contribution in [1.29, 1.82) is 0 Å². The Balaban J connectivity index is 1.28. The normalized spacial score (nSPS) is 35.0. The first-order chi connectivity index (χ1) is 19.9. The Labute approximate surface area is 254 Å². The molecule has 42 heavy (non-hydrogen) atoms. The van der Waals surface area contributed by atoms with Crippen LogP contribution in [0.1, 0.15) is 112 Å². The maximum atomic E-state index is 12.5. The summed E-state index contributed by atoms with van der Waals surface area (Å²) < 4.78 is 10.9. The molecular formula is C35H59NO6. The van der Waals surface area contributed by atoms with E-state index in [1.54, 1.807) is 0 Å². The molecule has 3 N–H and O–H groups in total. The summed E-state index contributed by atoms with van der Waals surface area (Å²) in [7, 11) is 0. The van der Waals surface area contributed by atoms with Crippen molar-refractivity contribution in [2.75, 3.05) is 26.4 Å². The number of fused-ring (bicyclic) bond motifs is 5. The molecule has 3 saturated carbocycles. The van der Waals surface area contributed by atoms with E-state index >= 15 is 0 Å². The molecule has 7 nitrogen and oxygen atoms in total. The summed E-state index contributed by atoms with van der Waals surface area (Å²) in [5.74, 6) is 4.17. The van der Waals surface area contributed by atoms with Crippen molar-refractivity contribution in [2.24, 2.45) is 51.8 Å². The lowest BCUT2D eigenvalue weighted by atomic mass is 9.47. The number of hydrogen-bond acceptors (Lipinski definition) is 6. The molecule has 4 aliphatic rings.